The molecule has 1 heterocycles. The van der Waals surface area contributed by atoms with Gasteiger partial charge in [-0.05, 0) is 130 Å². The highest BCUT2D eigenvalue weighted by Gasteiger charge is 2.58. The van der Waals surface area contributed by atoms with E-state index in [4.69, 9.17) is 0 Å². The van der Waals surface area contributed by atoms with E-state index < -0.39 is 17.6 Å². The van der Waals surface area contributed by atoms with Gasteiger partial charge < -0.3 is 10.2 Å². The second kappa shape index (κ2) is 11.7. The molecule has 3 atom stereocenters. The molecule has 3 fully saturated rings. The van der Waals surface area contributed by atoms with Crippen LogP contribution in [0.3, 0.4) is 0 Å². The Morgan fingerprint density at radius 1 is 1.18 bits per heavy atom. The number of thioether (sulfide) groups is 1. The number of benzene rings is 2. The van der Waals surface area contributed by atoms with Crippen LogP contribution < -0.4 is 5.32 Å². The third kappa shape index (κ3) is 6.37. The van der Waals surface area contributed by atoms with Gasteiger partial charge in [0.2, 0.25) is 0 Å². The molecule has 0 radical (unpaired) electrons. The van der Waals surface area contributed by atoms with Crippen molar-refractivity contribution in [1.29, 1.82) is 0 Å². The third-order valence-corrected chi connectivity index (χ3v) is 9.58. The molecule has 210 valence electrons. The fourth-order valence-corrected chi connectivity index (χ4v) is 7.11. The Morgan fingerprint density at radius 2 is 1.97 bits per heavy atom. The second-order valence-corrected chi connectivity index (χ2v) is 12.1. The molecular weight excluding hydrogens is 524 g/mol. The van der Waals surface area contributed by atoms with Crippen LogP contribution in [-0.2, 0) is 16.4 Å². The average Bonchev–Trinajstić information content (AvgIpc) is 3.43. The van der Waals surface area contributed by atoms with Crippen LogP contribution >= 0.6 is 11.8 Å². The molecule has 39 heavy (non-hydrogen) atoms. The molecule has 3 aliphatic rings. The first-order valence-electron chi connectivity index (χ1n) is 13.9. The summed E-state index contributed by atoms with van der Waals surface area (Å²) < 4.78 is 53.6. The molecule has 1 aliphatic heterocycles. The maximum Gasteiger partial charge on any atom is 0.419 e. The van der Waals surface area contributed by atoms with E-state index in [0.717, 1.165) is 64.2 Å². The normalized spacial score (nSPS) is 25.4. The first kappa shape index (κ1) is 28.2. The van der Waals surface area contributed by atoms with Crippen LogP contribution in [0.4, 0.5) is 23.2 Å². The van der Waals surface area contributed by atoms with Gasteiger partial charge in [-0.2, -0.15) is 13.2 Å². The number of unbranched alkanes of at least 4 members (excludes halogenated alkanes) is 1. The van der Waals surface area contributed by atoms with Crippen molar-refractivity contribution < 1.29 is 22.4 Å². The van der Waals surface area contributed by atoms with Gasteiger partial charge in [0.1, 0.15) is 5.82 Å². The lowest BCUT2D eigenvalue weighted by molar-refractivity contribution is -0.140. The summed E-state index contributed by atoms with van der Waals surface area (Å²) in [6, 6.07) is 11.4. The Hall–Kier alpha value is -2.32. The first-order valence-corrected chi connectivity index (χ1v) is 15.2. The third-order valence-electron chi connectivity index (χ3n) is 8.86. The number of rotatable bonds is 9. The smallest absolute Gasteiger partial charge is 0.322 e. The van der Waals surface area contributed by atoms with Gasteiger partial charge in [0, 0.05) is 16.2 Å². The van der Waals surface area contributed by atoms with Crippen LogP contribution in [0.25, 0.3) is 0 Å². The van der Waals surface area contributed by atoms with Crippen LogP contribution in [0.2, 0.25) is 0 Å². The summed E-state index contributed by atoms with van der Waals surface area (Å²) in [5, 5.41) is 2.66. The summed E-state index contributed by atoms with van der Waals surface area (Å²) in [5.41, 5.74) is 0.807. The van der Waals surface area contributed by atoms with E-state index in [1.165, 1.54) is 29.4 Å². The molecule has 1 unspecified atom stereocenters. The zero-order chi connectivity index (χ0) is 27.6. The first-order chi connectivity index (χ1) is 18.7. The highest BCUT2D eigenvalue weighted by Crippen LogP contribution is 2.64. The predicted octanol–water partition coefficient (Wildman–Crippen LogP) is 8.07. The van der Waals surface area contributed by atoms with Gasteiger partial charge in [0.15, 0.2) is 0 Å². The lowest BCUT2D eigenvalue weighted by Gasteiger charge is -2.30. The minimum absolute atomic E-state index is 0.0397. The number of carbonyl (C=O) groups is 1. The molecule has 2 saturated carbocycles. The van der Waals surface area contributed by atoms with Crippen LogP contribution in [0.15, 0.2) is 59.0 Å². The van der Waals surface area contributed by atoms with E-state index in [1.54, 1.807) is 11.8 Å². The molecule has 0 aromatic heterocycles. The van der Waals surface area contributed by atoms with Crippen molar-refractivity contribution in [2.45, 2.75) is 67.9 Å². The molecule has 0 spiro atoms. The molecule has 1 N–H and O–H groups in total. The minimum atomic E-state index is -4.83. The van der Waals surface area contributed by atoms with Gasteiger partial charge in [-0.1, -0.05) is 18.2 Å². The predicted molar refractivity (Wildman–Crippen MR) is 148 cm³/mol. The fourth-order valence-electron chi connectivity index (χ4n) is 6.65. The lowest BCUT2D eigenvalue weighted by Crippen LogP contribution is -2.27. The number of fused-ring (bicyclic) bond motifs is 1. The van der Waals surface area contributed by atoms with Crippen LogP contribution in [0, 0.1) is 17.7 Å². The highest BCUT2D eigenvalue weighted by atomic mass is 32.2. The van der Waals surface area contributed by atoms with Crippen LogP contribution in [-0.4, -0.2) is 36.7 Å². The Bertz CT molecular complexity index is 1220. The number of allylic oxidation sites excluding steroid dienone is 1. The SMILES string of the molecule is CSc1cccc([C@]23CC[C@@H](C(=CCCCN4CCCC4)C(=O)Nc4ccc(F)c(C(F)(F)F)c4)CC2C3)c1. The van der Waals surface area contributed by atoms with E-state index in [9.17, 15) is 22.4 Å². The summed E-state index contributed by atoms with van der Waals surface area (Å²) in [4.78, 5) is 17.2. The number of nitrogens with zero attached hydrogens (tertiary/aromatic N) is 1. The zero-order valence-electron chi connectivity index (χ0n) is 22.3. The van der Waals surface area contributed by atoms with Gasteiger partial charge in [-0.25, -0.2) is 4.39 Å². The van der Waals surface area contributed by atoms with Gasteiger partial charge >= 0.3 is 6.18 Å². The topological polar surface area (TPSA) is 32.3 Å². The van der Waals surface area contributed by atoms with E-state index >= 15 is 0 Å². The number of halogens is 4. The van der Waals surface area contributed by atoms with Crippen molar-refractivity contribution in [3.8, 4) is 0 Å². The Morgan fingerprint density at radius 3 is 2.69 bits per heavy atom. The van der Waals surface area contributed by atoms with Crippen molar-refractivity contribution >= 4 is 23.4 Å². The van der Waals surface area contributed by atoms with E-state index in [2.05, 4.69) is 40.7 Å². The van der Waals surface area contributed by atoms with E-state index in [-0.39, 0.29) is 22.9 Å². The number of hydrogen-bond donors (Lipinski definition) is 1. The van der Waals surface area contributed by atoms with Crippen molar-refractivity contribution in [3.05, 3.63) is 71.1 Å². The fraction of sp³-hybridized carbons (Fsp3) is 0.516. The lowest BCUT2D eigenvalue weighted by atomic mass is 9.75. The zero-order valence-corrected chi connectivity index (χ0v) is 23.1. The molecule has 2 aliphatic carbocycles. The number of amides is 1. The molecule has 2 aromatic carbocycles. The van der Waals surface area contributed by atoms with Crippen LogP contribution in [0.1, 0.15) is 62.5 Å². The average molecular weight is 561 g/mol. The number of nitrogens with one attached hydrogen (secondary N) is 1. The van der Waals surface area contributed by atoms with Gasteiger partial charge in [-0.3, -0.25) is 4.79 Å². The molecule has 5 rings (SSSR count). The van der Waals surface area contributed by atoms with Gasteiger partial charge in [0.25, 0.3) is 5.91 Å². The Labute approximate surface area is 232 Å². The molecule has 3 nitrogen and oxygen atoms in total. The molecular formula is C31H36F4N2OS. The Balaban J connectivity index is 1.31. The summed E-state index contributed by atoms with van der Waals surface area (Å²) in [5.74, 6) is -1.17. The maximum atomic E-state index is 13.8. The molecule has 2 aromatic rings. The summed E-state index contributed by atoms with van der Waals surface area (Å²) >= 11 is 1.74. The van der Waals surface area contributed by atoms with Crippen molar-refractivity contribution in [3.63, 3.8) is 0 Å². The van der Waals surface area contributed by atoms with E-state index in [0.29, 0.717) is 17.6 Å². The largest absolute Gasteiger partial charge is 0.419 e. The van der Waals surface area contributed by atoms with Crippen molar-refractivity contribution in [2.75, 3.05) is 31.2 Å². The van der Waals surface area contributed by atoms with Gasteiger partial charge in [0.05, 0.1) is 5.56 Å². The molecule has 8 heteroatoms. The van der Waals surface area contributed by atoms with Crippen molar-refractivity contribution in [1.82, 2.24) is 4.90 Å². The van der Waals surface area contributed by atoms with Crippen LogP contribution in [0.5, 0.6) is 0 Å². The number of anilines is 1. The quantitative estimate of drug-likeness (QED) is 0.146. The maximum absolute atomic E-state index is 13.8. The van der Waals surface area contributed by atoms with Crippen molar-refractivity contribution in [2.24, 2.45) is 11.8 Å². The number of alkyl halides is 3. The number of likely N-dealkylation sites (tertiary alicyclic amines) is 1. The summed E-state index contributed by atoms with van der Waals surface area (Å²) in [6.07, 6.45) is 7.26. The summed E-state index contributed by atoms with van der Waals surface area (Å²) in [6.45, 7) is 3.22. The number of carbonyl (C=O) groups excluding carboxylic acids is 1. The van der Waals surface area contributed by atoms with E-state index in [1.807, 2.05) is 6.08 Å². The standard InChI is InChI=1S/C31H36F4N2OS/c1-39-25-8-6-7-22(18-25)30-13-12-21(17-23(30)20-30)26(9-2-3-14-37-15-4-5-16-37)29(38)36-24-10-11-28(32)27(19-24)31(33,34)35/h6-11,18-19,21,23H,2-5,12-17,20H2,1H3,(H,36,38)/t21-,23?,30-/m1/s1. The Kier molecular flexibility index (Phi) is 8.43. The number of hydrogen-bond acceptors (Lipinski definition) is 3. The molecule has 1 saturated heterocycles. The monoisotopic (exact) mass is 560 g/mol. The summed E-state index contributed by atoms with van der Waals surface area (Å²) in [7, 11) is 0. The second-order valence-electron chi connectivity index (χ2n) is 11.3. The highest BCUT2D eigenvalue weighted by molar-refractivity contribution is 7.98. The molecule has 0 bridgehead atoms. The molecule has 1 amide bonds. The minimum Gasteiger partial charge on any atom is -0.322 e. The van der Waals surface area contributed by atoms with Gasteiger partial charge in [-0.15, -0.1) is 11.8 Å².